The number of amides is 2. The predicted octanol–water partition coefficient (Wildman–Crippen LogP) is 1.37. The minimum Gasteiger partial charge on any atom is -0.335 e. The molecule has 0 aromatic heterocycles. The number of hydrogen-bond donors (Lipinski definition) is 1. The molecule has 0 fully saturated rings. The van der Waals surface area contributed by atoms with Gasteiger partial charge in [-0.1, -0.05) is 6.07 Å². The summed E-state index contributed by atoms with van der Waals surface area (Å²) in [5, 5.41) is 11.2. The molecule has 0 heterocycles. The van der Waals surface area contributed by atoms with E-state index in [9.17, 15) is 9.59 Å². The van der Waals surface area contributed by atoms with Crippen LogP contribution in [0.25, 0.3) is 0 Å². The van der Waals surface area contributed by atoms with Crippen LogP contribution in [-0.2, 0) is 9.59 Å². The second kappa shape index (κ2) is 6.40. The van der Waals surface area contributed by atoms with E-state index in [0.717, 1.165) is 0 Å². The predicted molar refractivity (Wildman–Crippen MR) is 67.7 cm³/mol. The van der Waals surface area contributed by atoms with Crippen LogP contribution in [0.2, 0.25) is 0 Å². The van der Waals surface area contributed by atoms with E-state index in [1.165, 1.54) is 11.0 Å². The zero-order valence-corrected chi connectivity index (χ0v) is 10.4. The molecule has 1 aromatic carbocycles. The number of nitrogens with one attached hydrogen (secondary N) is 1. The summed E-state index contributed by atoms with van der Waals surface area (Å²) in [6.45, 7) is 4.60. The molecular formula is C13H15N3O2. The van der Waals surface area contributed by atoms with E-state index < -0.39 is 11.8 Å². The molecule has 1 aromatic rings. The Morgan fingerprint density at radius 2 is 2.00 bits per heavy atom. The van der Waals surface area contributed by atoms with Gasteiger partial charge in [0.05, 0.1) is 11.6 Å². The van der Waals surface area contributed by atoms with Crippen molar-refractivity contribution in [3.8, 4) is 6.07 Å². The van der Waals surface area contributed by atoms with E-state index in [1.807, 2.05) is 19.9 Å². The third-order valence-electron chi connectivity index (χ3n) is 2.49. The molecule has 5 heteroatoms. The molecule has 18 heavy (non-hydrogen) atoms. The van der Waals surface area contributed by atoms with Gasteiger partial charge in [-0.3, -0.25) is 9.59 Å². The van der Waals surface area contributed by atoms with Crippen LogP contribution >= 0.6 is 0 Å². The third-order valence-corrected chi connectivity index (χ3v) is 2.49. The van der Waals surface area contributed by atoms with Gasteiger partial charge < -0.3 is 10.2 Å². The first-order chi connectivity index (χ1) is 8.62. The molecule has 0 aliphatic carbocycles. The van der Waals surface area contributed by atoms with Crippen LogP contribution in [0.4, 0.5) is 5.69 Å². The Labute approximate surface area is 106 Å². The molecule has 0 aliphatic rings. The second-order valence-corrected chi connectivity index (χ2v) is 3.62. The Bertz CT molecular complexity index is 487. The molecule has 2 amide bonds. The van der Waals surface area contributed by atoms with Crippen LogP contribution in [0.1, 0.15) is 19.4 Å². The van der Waals surface area contributed by atoms with E-state index in [2.05, 4.69) is 5.32 Å². The number of hydrogen-bond acceptors (Lipinski definition) is 3. The summed E-state index contributed by atoms with van der Waals surface area (Å²) in [5.74, 6) is -1.25. The SMILES string of the molecule is CCN(CC)C(=O)C(=O)Nc1cccc(C#N)c1. The summed E-state index contributed by atoms with van der Waals surface area (Å²) in [7, 11) is 0. The first kappa shape index (κ1) is 13.7. The molecule has 0 spiro atoms. The van der Waals surface area contributed by atoms with Crippen molar-refractivity contribution in [2.45, 2.75) is 13.8 Å². The van der Waals surface area contributed by atoms with Gasteiger partial charge in [0.25, 0.3) is 0 Å². The molecule has 5 nitrogen and oxygen atoms in total. The second-order valence-electron chi connectivity index (χ2n) is 3.62. The minimum absolute atomic E-state index is 0.433. The number of anilines is 1. The number of nitriles is 1. The van der Waals surface area contributed by atoms with E-state index in [4.69, 9.17) is 5.26 Å². The van der Waals surface area contributed by atoms with Crippen LogP contribution in [0.15, 0.2) is 24.3 Å². The highest BCUT2D eigenvalue weighted by Crippen LogP contribution is 2.09. The number of nitrogens with zero attached hydrogens (tertiary/aromatic N) is 2. The first-order valence-corrected chi connectivity index (χ1v) is 5.72. The topological polar surface area (TPSA) is 73.2 Å². The maximum Gasteiger partial charge on any atom is 0.313 e. The molecule has 0 unspecified atom stereocenters. The molecule has 1 rings (SSSR count). The average Bonchev–Trinajstić information content (AvgIpc) is 2.40. The monoisotopic (exact) mass is 245 g/mol. The van der Waals surface area contributed by atoms with Crippen molar-refractivity contribution in [2.24, 2.45) is 0 Å². The molecular weight excluding hydrogens is 230 g/mol. The van der Waals surface area contributed by atoms with Crippen molar-refractivity contribution in [3.63, 3.8) is 0 Å². The molecule has 0 saturated heterocycles. The molecule has 94 valence electrons. The lowest BCUT2D eigenvalue weighted by molar-refractivity contribution is -0.142. The fourth-order valence-corrected chi connectivity index (χ4v) is 1.51. The van der Waals surface area contributed by atoms with E-state index >= 15 is 0 Å². The van der Waals surface area contributed by atoms with Gasteiger partial charge in [-0.15, -0.1) is 0 Å². The smallest absolute Gasteiger partial charge is 0.313 e. The zero-order valence-electron chi connectivity index (χ0n) is 10.4. The van der Waals surface area contributed by atoms with Crippen molar-refractivity contribution >= 4 is 17.5 Å². The lowest BCUT2D eigenvalue weighted by atomic mass is 10.2. The summed E-state index contributed by atoms with van der Waals surface area (Å²) in [5.41, 5.74) is 0.877. The van der Waals surface area contributed by atoms with Crippen molar-refractivity contribution < 1.29 is 9.59 Å². The van der Waals surface area contributed by atoms with Gasteiger partial charge in [0.15, 0.2) is 0 Å². The third kappa shape index (κ3) is 3.32. The van der Waals surface area contributed by atoms with Crippen molar-refractivity contribution in [1.82, 2.24) is 4.90 Å². The standard InChI is InChI=1S/C13H15N3O2/c1-3-16(4-2)13(18)12(17)15-11-7-5-6-10(8-11)9-14/h5-8H,3-4H2,1-2H3,(H,15,17). The van der Waals surface area contributed by atoms with Crippen LogP contribution in [0.3, 0.4) is 0 Å². The minimum atomic E-state index is -0.686. The lowest BCUT2D eigenvalue weighted by Crippen LogP contribution is -2.39. The highest BCUT2D eigenvalue weighted by atomic mass is 16.2. The summed E-state index contributed by atoms with van der Waals surface area (Å²) in [6.07, 6.45) is 0. The zero-order chi connectivity index (χ0) is 13.5. The number of likely N-dealkylation sites (N-methyl/N-ethyl adjacent to an activating group) is 1. The molecule has 0 saturated carbocycles. The molecule has 1 N–H and O–H groups in total. The Balaban J connectivity index is 2.75. The number of benzene rings is 1. The van der Waals surface area contributed by atoms with Gasteiger partial charge in [-0.2, -0.15) is 5.26 Å². The fraction of sp³-hybridized carbons (Fsp3) is 0.308. The molecule has 0 atom stereocenters. The van der Waals surface area contributed by atoms with Gasteiger partial charge >= 0.3 is 11.8 Å². The Morgan fingerprint density at radius 3 is 2.56 bits per heavy atom. The Kier molecular flexibility index (Phi) is 4.88. The number of rotatable bonds is 3. The van der Waals surface area contributed by atoms with E-state index in [1.54, 1.807) is 18.2 Å². The van der Waals surface area contributed by atoms with Gasteiger partial charge in [0.2, 0.25) is 0 Å². The van der Waals surface area contributed by atoms with Crippen LogP contribution in [0.5, 0.6) is 0 Å². The average molecular weight is 245 g/mol. The summed E-state index contributed by atoms with van der Waals surface area (Å²) >= 11 is 0. The van der Waals surface area contributed by atoms with Crippen molar-refractivity contribution in [2.75, 3.05) is 18.4 Å². The van der Waals surface area contributed by atoms with Crippen molar-refractivity contribution in [1.29, 1.82) is 5.26 Å². The van der Waals surface area contributed by atoms with E-state index in [0.29, 0.717) is 24.3 Å². The molecule has 0 radical (unpaired) electrons. The molecule has 0 bridgehead atoms. The largest absolute Gasteiger partial charge is 0.335 e. The summed E-state index contributed by atoms with van der Waals surface area (Å²) < 4.78 is 0. The normalized spacial score (nSPS) is 9.39. The van der Waals surface area contributed by atoms with Crippen LogP contribution in [0, 0.1) is 11.3 Å². The number of carbonyl (C=O) groups excluding carboxylic acids is 2. The summed E-state index contributed by atoms with van der Waals surface area (Å²) in [6, 6.07) is 8.40. The quantitative estimate of drug-likeness (QED) is 0.817. The Morgan fingerprint density at radius 1 is 1.33 bits per heavy atom. The fourth-order valence-electron chi connectivity index (χ4n) is 1.51. The van der Waals surface area contributed by atoms with Gasteiger partial charge in [-0.25, -0.2) is 0 Å². The van der Waals surface area contributed by atoms with Gasteiger partial charge in [0.1, 0.15) is 0 Å². The highest BCUT2D eigenvalue weighted by Gasteiger charge is 2.19. The van der Waals surface area contributed by atoms with Crippen LogP contribution < -0.4 is 5.32 Å². The maximum absolute atomic E-state index is 11.7. The maximum atomic E-state index is 11.7. The van der Waals surface area contributed by atoms with Gasteiger partial charge in [-0.05, 0) is 32.0 Å². The highest BCUT2D eigenvalue weighted by molar-refractivity contribution is 6.39. The number of carbonyl (C=O) groups is 2. The first-order valence-electron chi connectivity index (χ1n) is 5.72. The van der Waals surface area contributed by atoms with Crippen LogP contribution in [-0.4, -0.2) is 29.8 Å². The van der Waals surface area contributed by atoms with E-state index in [-0.39, 0.29) is 0 Å². The van der Waals surface area contributed by atoms with Gasteiger partial charge in [0, 0.05) is 18.8 Å². The summed E-state index contributed by atoms with van der Waals surface area (Å²) in [4.78, 5) is 24.8. The Hall–Kier alpha value is -2.35. The van der Waals surface area contributed by atoms with Crippen molar-refractivity contribution in [3.05, 3.63) is 29.8 Å². The lowest BCUT2D eigenvalue weighted by Gasteiger charge is -2.17. The molecule has 0 aliphatic heterocycles.